The summed E-state index contributed by atoms with van der Waals surface area (Å²) in [4.78, 5) is 5.20. The third-order valence-corrected chi connectivity index (χ3v) is 16.7. The Balaban J connectivity index is 1.03. The highest BCUT2D eigenvalue weighted by atomic mass is 32.1. The molecule has 318 valence electrons. The Bertz CT molecular complexity index is 3680. The molecule has 0 amide bonds. The second-order valence-corrected chi connectivity index (χ2v) is 20.5. The number of benzene rings is 9. The zero-order chi connectivity index (χ0) is 44.0. The van der Waals surface area contributed by atoms with Crippen LogP contribution in [0.3, 0.4) is 0 Å². The van der Waals surface area contributed by atoms with Crippen LogP contribution in [-0.4, -0.2) is 6.71 Å². The van der Waals surface area contributed by atoms with Gasteiger partial charge in [-0.25, -0.2) is 0 Å². The van der Waals surface area contributed by atoms with Gasteiger partial charge in [-0.15, -0.1) is 22.7 Å². The minimum atomic E-state index is 0.0899. The molecule has 9 aromatic carbocycles. The molecule has 2 aromatic heterocycles. The van der Waals surface area contributed by atoms with Gasteiger partial charge in [-0.2, -0.15) is 0 Å². The highest BCUT2D eigenvalue weighted by Gasteiger charge is 2.46. The summed E-state index contributed by atoms with van der Waals surface area (Å²) in [5.41, 5.74) is 15.9. The molecular formula is C61H49BN2S2. The molecule has 0 aliphatic carbocycles. The largest absolute Gasteiger partial charge is 0.303 e. The first-order chi connectivity index (χ1) is 32.6. The van der Waals surface area contributed by atoms with E-state index >= 15 is 0 Å². The van der Waals surface area contributed by atoms with Gasteiger partial charge in [-0.3, -0.25) is 0 Å². The summed E-state index contributed by atoms with van der Waals surface area (Å²) in [6.07, 6.45) is 6.65. The van der Waals surface area contributed by atoms with Crippen molar-refractivity contribution in [3.63, 3.8) is 0 Å². The van der Waals surface area contributed by atoms with E-state index in [1.54, 1.807) is 0 Å². The van der Waals surface area contributed by atoms with Crippen LogP contribution >= 0.6 is 22.7 Å². The number of hydrogen-bond donors (Lipinski definition) is 0. The van der Waals surface area contributed by atoms with Crippen molar-refractivity contribution in [1.82, 2.24) is 0 Å². The van der Waals surface area contributed by atoms with Gasteiger partial charge in [-0.05, 0) is 161 Å². The maximum absolute atomic E-state index is 2.60. The lowest BCUT2D eigenvalue weighted by atomic mass is 9.33. The van der Waals surface area contributed by atoms with Crippen LogP contribution in [0.1, 0.15) is 56.7 Å². The summed E-state index contributed by atoms with van der Waals surface area (Å²) < 4.78 is 2.72. The first kappa shape index (κ1) is 39.7. The highest BCUT2D eigenvalue weighted by molar-refractivity contribution is 7.29. The predicted molar refractivity (Wildman–Crippen MR) is 291 cm³/mol. The summed E-state index contributed by atoms with van der Waals surface area (Å²) in [6, 6.07) is 65.3. The van der Waals surface area contributed by atoms with Crippen molar-refractivity contribution in [2.45, 2.75) is 59.3 Å². The Morgan fingerprint density at radius 3 is 1.32 bits per heavy atom. The standard InChI is InChI=1S/C61H49BN2S2/c1-4-12-38-21-28-43(29-22-38)63-53-19-11-20-54-59(53)62(57-51-35-39(13-5-2)23-33-55(51)65-60(57)63)58-52-36-40(14-6-3)24-34-56(52)66-61(58)64(54)44-30-25-41(26-31-44)42-27-32-49-47-17-8-7-15-45(47)46-16-9-10-18-48(46)50(49)37-42/h7-11,15-37H,4-6,12-14H2,1-3H3. The van der Waals surface area contributed by atoms with E-state index in [1.807, 2.05) is 22.7 Å². The minimum Gasteiger partial charge on any atom is -0.303 e. The van der Waals surface area contributed by atoms with E-state index in [4.69, 9.17) is 0 Å². The van der Waals surface area contributed by atoms with Gasteiger partial charge in [0, 0.05) is 32.1 Å². The third kappa shape index (κ3) is 6.06. The highest BCUT2D eigenvalue weighted by Crippen LogP contribution is 2.50. The lowest BCUT2D eigenvalue weighted by molar-refractivity contribution is 0.922. The number of nitrogens with zero attached hydrogens (tertiary/aromatic N) is 2. The number of rotatable bonds is 9. The van der Waals surface area contributed by atoms with E-state index in [1.165, 1.54) is 129 Å². The second-order valence-electron chi connectivity index (χ2n) is 18.4. The summed E-state index contributed by atoms with van der Waals surface area (Å²) >= 11 is 3.92. The SMILES string of the molecule is CCCc1ccc(N2c3cccc4c3B(c3c2sc2ccc(CCC)cc32)c2c(sc3ccc(CCC)cc23)N4c2ccc(-c3ccc4c5ccccc5c5ccccc5c4c3)cc2)cc1. The van der Waals surface area contributed by atoms with Crippen molar-refractivity contribution >= 4 is 131 Å². The first-order valence-corrected chi connectivity index (χ1v) is 25.6. The van der Waals surface area contributed by atoms with Gasteiger partial charge >= 0.3 is 0 Å². The van der Waals surface area contributed by atoms with Crippen LogP contribution in [0.5, 0.6) is 0 Å². The van der Waals surface area contributed by atoms with Gasteiger partial charge < -0.3 is 9.80 Å². The monoisotopic (exact) mass is 884 g/mol. The Morgan fingerprint density at radius 2 is 0.803 bits per heavy atom. The number of hydrogen-bond acceptors (Lipinski definition) is 4. The summed E-state index contributed by atoms with van der Waals surface area (Å²) in [6.45, 7) is 6.95. The van der Waals surface area contributed by atoms with Gasteiger partial charge in [0.25, 0.3) is 6.71 Å². The van der Waals surface area contributed by atoms with Crippen LogP contribution in [-0.2, 0) is 19.3 Å². The fourth-order valence-electron chi connectivity index (χ4n) is 11.5. The quantitative estimate of drug-likeness (QED) is 0.105. The fraction of sp³-hybridized carbons (Fsp3) is 0.148. The molecule has 2 aliphatic heterocycles. The fourth-order valence-corrected chi connectivity index (χ4v) is 14.0. The predicted octanol–water partition coefficient (Wildman–Crippen LogP) is 16.2. The average molecular weight is 885 g/mol. The van der Waals surface area contributed by atoms with E-state index < -0.39 is 0 Å². The second kappa shape index (κ2) is 15.8. The Hall–Kier alpha value is -6.66. The molecule has 0 saturated heterocycles. The van der Waals surface area contributed by atoms with Crippen LogP contribution in [0.4, 0.5) is 32.8 Å². The normalized spacial score (nSPS) is 13.0. The molecule has 0 bridgehead atoms. The molecule has 2 nitrogen and oxygen atoms in total. The molecule has 4 heterocycles. The number of anilines is 6. The van der Waals surface area contributed by atoms with Gasteiger partial charge in [0.1, 0.15) is 0 Å². The molecule has 66 heavy (non-hydrogen) atoms. The van der Waals surface area contributed by atoms with Gasteiger partial charge in [0.2, 0.25) is 0 Å². The van der Waals surface area contributed by atoms with Crippen molar-refractivity contribution in [3.05, 3.63) is 187 Å². The van der Waals surface area contributed by atoms with E-state index in [9.17, 15) is 0 Å². The molecule has 2 aliphatic rings. The van der Waals surface area contributed by atoms with Gasteiger partial charge in [0.15, 0.2) is 0 Å². The van der Waals surface area contributed by atoms with Crippen LogP contribution in [0.15, 0.2) is 170 Å². The Kier molecular flexibility index (Phi) is 9.48. The molecule has 0 fully saturated rings. The molecule has 0 saturated carbocycles. The lowest BCUT2D eigenvalue weighted by Gasteiger charge is -2.42. The molecule has 0 radical (unpaired) electrons. The number of aryl methyl sites for hydroxylation is 3. The minimum absolute atomic E-state index is 0.0899. The topological polar surface area (TPSA) is 6.48 Å². The molecule has 5 heteroatoms. The summed E-state index contributed by atoms with van der Waals surface area (Å²) in [5, 5.41) is 13.3. The van der Waals surface area contributed by atoms with Gasteiger partial charge in [-0.1, -0.05) is 155 Å². The molecule has 11 aromatic rings. The molecule has 0 spiro atoms. The maximum Gasteiger partial charge on any atom is 0.256 e. The smallest absolute Gasteiger partial charge is 0.256 e. The molecule has 0 unspecified atom stereocenters. The van der Waals surface area contributed by atoms with Crippen molar-refractivity contribution in [1.29, 1.82) is 0 Å². The molecule has 0 atom stereocenters. The van der Waals surface area contributed by atoms with E-state index in [0.29, 0.717) is 0 Å². The summed E-state index contributed by atoms with van der Waals surface area (Å²) in [7, 11) is 0. The number of thiophene rings is 2. The van der Waals surface area contributed by atoms with Crippen LogP contribution in [0, 0.1) is 0 Å². The van der Waals surface area contributed by atoms with Crippen LogP contribution in [0.2, 0.25) is 0 Å². The molecular weight excluding hydrogens is 836 g/mol. The van der Waals surface area contributed by atoms with Crippen LogP contribution in [0.25, 0.3) is 63.6 Å². The zero-order valence-corrected chi connectivity index (χ0v) is 39.3. The van der Waals surface area contributed by atoms with Crippen molar-refractivity contribution in [2.75, 3.05) is 9.80 Å². The Labute approximate surface area is 395 Å². The zero-order valence-electron chi connectivity index (χ0n) is 37.7. The molecule has 13 rings (SSSR count). The lowest BCUT2D eigenvalue weighted by Crippen LogP contribution is -2.60. The maximum atomic E-state index is 2.60. The van der Waals surface area contributed by atoms with Crippen molar-refractivity contribution in [2.24, 2.45) is 0 Å². The van der Waals surface area contributed by atoms with E-state index in [2.05, 4.69) is 200 Å². The third-order valence-electron chi connectivity index (χ3n) is 14.4. The van der Waals surface area contributed by atoms with E-state index in [-0.39, 0.29) is 6.71 Å². The number of fused-ring (bicyclic) bond motifs is 14. The first-order valence-electron chi connectivity index (χ1n) is 24.0. The average Bonchev–Trinajstić information content (AvgIpc) is 3.93. The van der Waals surface area contributed by atoms with E-state index in [0.717, 1.165) is 38.5 Å². The van der Waals surface area contributed by atoms with Gasteiger partial charge in [0.05, 0.1) is 10.0 Å². The van der Waals surface area contributed by atoms with Crippen molar-refractivity contribution < 1.29 is 0 Å². The molecule has 0 N–H and O–H groups in total. The van der Waals surface area contributed by atoms with Crippen LogP contribution < -0.4 is 26.2 Å². The summed E-state index contributed by atoms with van der Waals surface area (Å²) in [5.74, 6) is 0. The Morgan fingerprint density at radius 1 is 0.364 bits per heavy atom. The van der Waals surface area contributed by atoms with Crippen molar-refractivity contribution in [3.8, 4) is 11.1 Å².